The van der Waals surface area contributed by atoms with E-state index < -0.39 is 32.3 Å². The smallest absolute Gasteiger partial charge is 0.329 e. The van der Waals surface area contributed by atoms with Crippen molar-refractivity contribution < 1.29 is 46.0 Å². The van der Waals surface area contributed by atoms with Gasteiger partial charge < -0.3 is 40.8 Å². The Labute approximate surface area is 332 Å². The number of nitrogen functional groups attached to an aromatic ring is 2. The van der Waals surface area contributed by atoms with Gasteiger partial charge in [0.25, 0.3) is 0 Å². The van der Waals surface area contributed by atoms with Crippen LogP contribution in [-0.2, 0) is 31.1 Å². The number of aliphatic carboxylic acids is 1. The Kier molecular flexibility index (Phi) is 14.7. The molecule has 5 aromatic rings. The summed E-state index contributed by atoms with van der Waals surface area (Å²) in [7, 11) is -7.01. The molecule has 0 saturated heterocycles. The van der Waals surface area contributed by atoms with Crippen molar-refractivity contribution in [2.24, 2.45) is 11.8 Å². The van der Waals surface area contributed by atoms with Gasteiger partial charge in [0.2, 0.25) is 0 Å². The van der Waals surface area contributed by atoms with Gasteiger partial charge in [-0.2, -0.15) is 0 Å². The Morgan fingerprint density at radius 3 is 1.63 bits per heavy atom. The minimum absolute atomic E-state index is 0. The first-order valence-corrected chi connectivity index (χ1v) is 21.7. The summed E-state index contributed by atoms with van der Waals surface area (Å²) >= 11 is 0. The summed E-state index contributed by atoms with van der Waals surface area (Å²) in [5, 5.41) is 32.4. The van der Waals surface area contributed by atoms with Crippen molar-refractivity contribution >= 4 is 48.1 Å². The molecule has 0 radical (unpaired) electrons. The highest BCUT2D eigenvalue weighted by Crippen LogP contribution is 2.38. The SMILES string of the molecule is C.Cc1noc(C)c1-c1cc(N)c(N)c(S(=O)(=O)CC2CCCC2)c1.Cc1noc(C)c1-c1cc(S(=O)(=O)CC2CCCC2)c2nc(CO)[nH]c2c1.O=C(O)CO. The average Bonchev–Trinajstić information content (AvgIpc) is 4.00. The number of hydrogen-bond acceptors (Lipinski definition) is 14. The molecular weight excluding hydrogens is 777 g/mol. The monoisotopic (exact) mass is 830 g/mol. The van der Waals surface area contributed by atoms with Crippen LogP contribution in [0.1, 0.15) is 87.5 Å². The zero-order chi connectivity index (χ0) is 40.9. The van der Waals surface area contributed by atoms with Crippen molar-refractivity contribution in [1.29, 1.82) is 0 Å². The number of nitrogens with one attached hydrogen (secondary N) is 1. The molecular formula is C39H54N6O10S2. The Balaban J connectivity index is 0.000000224. The Hall–Kier alpha value is -4.78. The van der Waals surface area contributed by atoms with Gasteiger partial charge in [0.15, 0.2) is 19.7 Å². The number of imidazole rings is 1. The van der Waals surface area contributed by atoms with Crippen LogP contribution in [0.2, 0.25) is 0 Å². The number of H-pyrrole nitrogens is 1. The summed E-state index contributed by atoms with van der Waals surface area (Å²) in [5.74, 6) is 1.07. The van der Waals surface area contributed by atoms with Gasteiger partial charge >= 0.3 is 5.97 Å². The molecule has 8 N–H and O–H groups in total. The lowest BCUT2D eigenvalue weighted by molar-refractivity contribution is -0.140. The Bertz CT molecular complexity index is 2370. The maximum absolute atomic E-state index is 13.2. The van der Waals surface area contributed by atoms with Crippen LogP contribution in [0.4, 0.5) is 11.4 Å². The molecule has 3 aromatic heterocycles. The number of aliphatic hydroxyl groups is 2. The molecule has 0 aliphatic heterocycles. The van der Waals surface area contributed by atoms with E-state index in [0.717, 1.165) is 68.1 Å². The third-order valence-corrected chi connectivity index (χ3v) is 14.0. The number of fused-ring (bicyclic) bond motifs is 1. The molecule has 18 heteroatoms. The molecule has 16 nitrogen and oxygen atoms in total. The topological polar surface area (TPSA) is 279 Å². The summed E-state index contributed by atoms with van der Waals surface area (Å²) in [6.45, 7) is 6.17. The highest BCUT2D eigenvalue weighted by Gasteiger charge is 2.29. The standard InChI is InChI=1S/C19H23N3O4S.C17H23N3O3S.C2H4O3.CH4/c1-11-18(12(2)26-22-11)14-7-15-19(21-17(9-23)20-15)16(8-14)27(24,25)10-13-5-3-4-6-13;1-10-16(11(2)23-20-10)13-7-14(18)17(19)15(8-13)24(21,22)9-12-5-3-4-6-12;3-1-2(4)5;/h7-8,13,23H,3-6,9-10H2,1-2H3,(H,20,21);7-8,12H,3-6,9,18-19H2,1-2H3;3H,1H2,(H,4,5);1H4. The van der Waals surface area contributed by atoms with Crippen LogP contribution in [0.15, 0.2) is 43.1 Å². The number of aryl methyl sites for hydroxylation is 4. The maximum Gasteiger partial charge on any atom is 0.329 e. The minimum atomic E-state index is -3.52. The van der Waals surface area contributed by atoms with Gasteiger partial charge in [0.1, 0.15) is 36.1 Å². The van der Waals surface area contributed by atoms with Crippen LogP contribution in [0.5, 0.6) is 0 Å². The van der Waals surface area contributed by atoms with Crippen molar-refractivity contribution in [2.45, 2.75) is 103 Å². The maximum atomic E-state index is 13.2. The van der Waals surface area contributed by atoms with E-state index in [1.165, 1.54) is 0 Å². The predicted molar refractivity (Wildman–Crippen MR) is 217 cm³/mol. The normalized spacial score (nSPS) is 14.8. The molecule has 2 saturated carbocycles. The number of rotatable bonds is 10. The largest absolute Gasteiger partial charge is 0.480 e. The molecule has 2 aromatic carbocycles. The molecule has 0 bridgehead atoms. The van der Waals surface area contributed by atoms with E-state index in [0.29, 0.717) is 45.3 Å². The third kappa shape index (κ3) is 10.4. The molecule has 312 valence electrons. The Morgan fingerprint density at radius 1 is 0.772 bits per heavy atom. The third-order valence-electron chi connectivity index (χ3n) is 10.2. The summed E-state index contributed by atoms with van der Waals surface area (Å²) < 4.78 is 62.7. The van der Waals surface area contributed by atoms with Gasteiger partial charge in [0.05, 0.1) is 49.6 Å². The first-order chi connectivity index (χ1) is 26.4. The van der Waals surface area contributed by atoms with Crippen molar-refractivity contribution in [1.82, 2.24) is 20.3 Å². The van der Waals surface area contributed by atoms with Gasteiger partial charge in [-0.05, 0) is 101 Å². The zero-order valence-electron chi connectivity index (χ0n) is 32.0. The lowest BCUT2D eigenvalue weighted by atomic mass is 10.0. The first kappa shape index (κ1) is 44.9. The second kappa shape index (κ2) is 18.7. The van der Waals surface area contributed by atoms with Gasteiger partial charge in [-0.3, -0.25) is 0 Å². The second-order valence-corrected chi connectivity index (χ2v) is 18.5. The number of hydrogen-bond donors (Lipinski definition) is 6. The highest BCUT2D eigenvalue weighted by molar-refractivity contribution is 7.92. The molecule has 3 heterocycles. The molecule has 0 amide bonds. The van der Waals surface area contributed by atoms with Crippen molar-refractivity contribution in [3.8, 4) is 22.3 Å². The van der Waals surface area contributed by atoms with Crippen molar-refractivity contribution in [3.05, 3.63) is 53.0 Å². The van der Waals surface area contributed by atoms with E-state index in [4.69, 9.17) is 35.5 Å². The summed E-state index contributed by atoms with van der Waals surface area (Å²) in [6, 6.07) is 6.78. The number of carboxylic acids is 1. The van der Waals surface area contributed by atoms with E-state index in [2.05, 4.69) is 20.3 Å². The fourth-order valence-electron chi connectivity index (χ4n) is 7.59. The molecule has 0 atom stereocenters. The van der Waals surface area contributed by atoms with Crippen molar-refractivity contribution in [3.63, 3.8) is 0 Å². The number of carboxylic acid groups (broad SMARTS) is 1. The lowest BCUT2D eigenvalue weighted by Crippen LogP contribution is -2.16. The van der Waals surface area contributed by atoms with Gasteiger partial charge in [-0.25, -0.2) is 26.6 Å². The van der Waals surface area contributed by atoms with Crippen LogP contribution < -0.4 is 11.5 Å². The van der Waals surface area contributed by atoms with E-state index in [1.807, 2.05) is 19.9 Å². The van der Waals surface area contributed by atoms with Crippen LogP contribution in [-0.4, -0.2) is 76.5 Å². The zero-order valence-corrected chi connectivity index (χ0v) is 33.6. The Morgan fingerprint density at radius 2 is 1.21 bits per heavy atom. The molecule has 7 rings (SSSR count). The number of nitrogens with zero attached hydrogens (tertiary/aromatic N) is 3. The van der Waals surface area contributed by atoms with E-state index in [1.54, 1.807) is 32.0 Å². The number of sulfone groups is 2. The second-order valence-electron chi connectivity index (χ2n) is 14.5. The van der Waals surface area contributed by atoms with E-state index in [9.17, 15) is 21.9 Å². The molecule has 0 spiro atoms. The number of aromatic amines is 1. The van der Waals surface area contributed by atoms with Crippen molar-refractivity contribution in [2.75, 3.05) is 29.6 Å². The number of carbonyl (C=O) groups is 1. The number of nitrogens with two attached hydrogens (primary N) is 2. The van der Waals surface area contributed by atoms with Gasteiger partial charge in [0, 0.05) is 11.1 Å². The molecule has 2 aliphatic rings. The summed E-state index contributed by atoms with van der Waals surface area (Å²) in [6.07, 6.45) is 8.19. The van der Waals surface area contributed by atoms with E-state index >= 15 is 0 Å². The van der Waals surface area contributed by atoms with Gasteiger partial charge in [-0.15, -0.1) is 0 Å². The molecule has 0 unspecified atom stereocenters. The molecule has 57 heavy (non-hydrogen) atoms. The quantitative estimate of drug-likeness (QED) is 0.0870. The van der Waals surface area contributed by atoms with Crippen LogP contribution in [0, 0.1) is 39.5 Å². The van der Waals surface area contributed by atoms with Gasteiger partial charge in [-0.1, -0.05) is 43.4 Å². The fourth-order valence-corrected chi connectivity index (χ4v) is 11.4. The molecule has 2 fully saturated rings. The lowest BCUT2D eigenvalue weighted by Gasteiger charge is -2.15. The number of aliphatic hydroxyl groups excluding tert-OH is 2. The minimum Gasteiger partial charge on any atom is -0.480 e. The number of aromatic nitrogens is 4. The summed E-state index contributed by atoms with van der Waals surface area (Å²) in [5.41, 5.74) is 17.7. The molecule has 2 aliphatic carbocycles. The average molecular weight is 831 g/mol. The highest BCUT2D eigenvalue weighted by atomic mass is 32.2. The first-order valence-electron chi connectivity index (χ1n) is 18.4. The van der Waals surface area contributed by atoms with E-state index in [-0.39, 0.29) is 58.5 Å². The fraction of sp³-hybridized carbons (Fsp3) is 0.487. The number of benzene rings is 2. The van der Waals surface area contributed by atoms with Crippen LogP contribution in [0.3, 0.4) is 0 Å². The van der Waals surface area contributed by atoms with Crippen LogP contribution >= 0.6 is 0 Å². The van der Waals surface area contributed by atoms with Crippen LogP contribution in [0.25, 0.3) is 33.3 Å². The number of anilines is 2. The summed E-state index contributed by atoms with van der Waals surface area (Å²) in [4.78, 5) is 16.8. The predicted octanol–water partition coefficient (Wildman–Crippen LogP) is 6.08.